The third-order valence-electron chi connectivity index (χ3n) is 4.89. The molecule has 4 rings (SSSR count). The first-order valence-corrected chi connectivity index (χ1v) is 10.4. The highest BCUT2D eigenvalue weighted by molar-refractivity contribution is 8.00. The average molecular weight is 407 g/mol. The number of carbonyl (C=O) groups excluding carboxylic acids is 2. The van der Waals surface area contributed by atoms with Crippen molar-refractivity contribution in [3.8, 4) is 5.69 Å². The minimum Gasteiger partial charge on any atom is -0.326 e. The zero-order valence-electron chi connectivity index (χ0n) is 16.3. The van der Waals surface area contributed by atoms with Crippen molar-refractivity contribution < 1.29 is 9.59 Å². The molecule has 0 radical (unpaired) electrons. The monoisotopic (exact) mass is 407 g/mol. The molecule has 3 aromatic rings. The molecule has 0 saturated carbocycles. The number of hydrogen-bond acceptors (Lipinski definition) is 6. The number of fused-ring (bicyclic) bond motifs is 1. The van der Waals surface area contributed by atoms with E-state index in [2.05, 4.69) is 26.9 Å². The van der Waals surface area contributed by atoms with Gasteiger partial charge in [0.2, 0.25) is 11.1 Å². The van der Waals surface area contributed by atoms with Crippen LogP contribution >= 0.6 is 11.8 Å². The Bertz CT molecular complexity index is 1080. The molecule has 1 atom stereocenters. The second-order valence-electron chi connectivity index (χ2n) is 7.07. The Hall–Kier alpha value is -3.00. The minimum absolute atomic E-state index is 0.0613. The van der Waals surface area contributed by atoms with Crippen LogP contribution in [0.3, 0.4) is 0 Å². The second kappa shape index (κ2) is 8.16. The molecule has 0 bridgehead atoms. The fourth-order valence-electron chi connectivity index (χ4n) is 3.50. The number of tetrazole rings is 1. The van der Waals surface area contributed by atoms with E-state index in [1.54, 1.807) is 16.8 Å². The Morgan fingerprint density at radius 2 is 1.97 bits per heavy atom. The van der Waals surface area contributed by atoms with E-state index in [4.69, 9.17) is 0 Å². The SMILES string of the molecule is CC(=O)Nc1cccc(-n2nnnc2SC(C)C(=O)c2ccc3c(c2)CCC3)c1. The van der Waals surface area contributed by atoms with Crippen LogP contribution in [0.2, 0.25) is 0 Å². The molecular formula is C21H21N5O2S. The van der Waals surface area contributed by atoms with Gasteiger partial charge in [-0.15, -0.1) is 5.10 Å². The molecule has 1 aliphatic carbocycles. The van der Waals surface area contributed by atoms with E-state index in [1.165, 1.54) is 29.8 Å². The molecule has 1 aliphatic rings. The van der Waals surface area contributed by atoms with Crippen molar-refractivity contribution in [3.05, 3.63) is 59.2 Å². The van der Waals surface area contributed by atoms with E-state index in [0.29, 0.717) is 16.5 Å². The predicted molar refractivity (Wildman–Crippen MR) is 112 cm³/mol. The molecule has 1 N–H and O–H groups in total. The highest BCUT2D eigenvalue weighted by atomic mass is 32.2. The van der Waals surface area contributed by atoms with Gasteiger partial charge in [0, 0.05) is 18.2 Å². The number of nitrogens with zero attached hydrogens (tertiary/aromatic N) is 4. The molecule has 2 aromatic carbocycles. The Morgan fingerprint density at radius 1 is 1.14 bits per heavy atom. The number of anilines is 1. The molecule has 0 saturated heterocycles. The van der Waals surface area contributed by atoms with E-state index in [-0.39, 0.29) is 16.9 Å². The van der Waals surface area contributed by atoms with E-state index in [0.717, 1.165) is 24.8 Å². The van der Waals surface area contributed by atoms with Crippen LogP contribution in [0.25, 0.3) is 5.69 Å². The summed E-state index contributed by atoms with van der Waals surface area (Å²) in [6, 6.07) is 13.3. The molecule has 0 fully saturated rings. The molecular weight excluding hydrogens is 386 g/mol. The fourth-order valence-corrected chi connectivity index (χ4v) is 4.39. The van der Waals surface area contributed by atoms with Crippen molar-refractivity contribution in [1.82, 2.24) is 20.2 Å². The number of nitrogens with one attached hydrogen (secondary N) is 1. The van der Waals surface area contributed by atoms with Gasteiger partial charge >= 0.3 is 0 Å². The first kappa shape index (κ1) is 19.3. The lowest BCUT2D eigenvalue weighted by molar-refractivity contribution is -0.114. The molecule has 7 nitrogen and oxygen atoms in total. The molecule has 1 amide bonds. The Kier molecular flexibility index (Phi) is 5.44. The molecule has 8 heteroatoms. The summed E-state index contributed by atoms with van der Waals surface area (Å²) in [5, 5.41) is 14.8. The van der Waals surface area contributed by atoms with Crippen molar-refractivity contribution in [1.29, 1.82) is 0 Å². The van der Waals surface area contributed by atoms with E-state index in [9.17, 15) is 9.59 Å². The highest BCUT2D eigenvalue weighted by Gasteiger charge is 2.22. The number of rotatable bonds is 6. The van der Waals surface area contributed by atoms with Gasteiger partial charge in [0.05, 0.1) is 10.9 Å². The number of thioether (sulfide) groups is 1. The normalized spacial score (nSPS) is 13.7. The summed E-state index contributed by atoms with van der Waals surface area (Å²) >= 11 is 1.32. The number of amides is 1. The standard InChI is InChI=1S/C21H21N5O2S/c1-13(20(28)17-10-9-15-5-3-6-16(15)11-17)29-21-23-24-25-26(21)19-8-4-7-18(12-19)22-14(2)27/h4,7-13H,3,5-6H2,1-2H3,(H,22,27). The summed E-state index contributed by atoms with van der Waals surface area (Å²) in [6.07, 6.45) is 3.30. The van der Waals surface area contributed by atoms with Gasteiger partial charge in [-0.25, -0.2) is 0 Å². The number of ketones is 1. The molecule has 1 aromatic heterocycles. The van der Waals surface area contributed by atoms with E-state index < -0.39 is 0 Å². The van der Waals surface area contributed by atoms with Gasteiger partial charge < -0.3 is 5.32 Å². The molecule has 0 spiro atoms. The average Bonchev–Trinajstić information content (AvgIpc) is 3.35. The quantitative estimate of drug-likeness (QED) is 0.497. The van der Waals surface area contributed by atoms with Crippen LogP contribution < -0.4 is 5.32 Å². The molecule has 148 valence electrons. The number of aromatic nitrogens is 4. The van der Waals surface area contributed by atoms with Crippen molar-refractivity contribution >= 4 is 29.1 Å². The largest absolute Gasteiger partial charge is 0.326 e. The minimum atomic E-state index is -0.335. The first-order valence-electron chi connectivity index (χ1n) is 9.50. The smallest absolute Gasteiger partial charge is 0.221 e. The number of hydrogen-bond donors (Lipinski definition) is 1. The van der Waals surface area contributed by atoms with E-state index >= 15 is 0 Å². The zero-order chi connectivity index (χ0) is 20.4. The van der Waals surface area contributed by atoms with E-state index in [1.807, 2.05) is 31.2 Å². The van der Waals surface area contributed by atoms with Crippen molar-refractivity contribution in [3.63, 3.8) is 0 Å². The maximum atomic E-state index is 12.9. The second-order valence-corrected chi connectivity index (χ2v) is 8.37. The fraction of sp³-hybridized carbons (Fsp3) is 0.286. The lowest BCUT2D eigenvalue weighted by Gasteiger charge is -2.12. The Morgan fingerprint density at radius 3 is 2.79 bits per heavy atom. The topological polar surface area (TPSA) is 89.8 Å². The molecule has 1 heterocycles. The lowest BCUT2D eigenvalue weighted by Crippen LogP contribution is -2.15. The van der Waals surface area contributed by atoms with Crippen LogP contribution in [0, 0.1) is 0 Å². The first-order chi connectivity index (χ1) is 14.0. The number of benzene rings is 2. The lowest BCUT2D eigenvalue weighted by atomic mass is 10.0. The van der Waals surface area contributed by atoms with Crippen LogP contribution in [0.1, 0.15) is 41.8 Å². The van der Waals surface area contributed by atoms with Gasteiger partial charge in [0.1, 0.15) is 0 Å². The van der Waals surface area contributed by atoms with Gasteiger partial charge in [-0.05, 0) is 72.0 Å². The summed E-state index contributed by atoms with van der Waals surface area (Å²) in [7, 11) is 0. The molecule has 29 heavy (non-hydrogen) atoms. The Balaban J connectivity index is 1.53. The van der Waals surface area contributed by atoms with Gasteiger partial charge in [0.15, 0.2) is 5.78 Å². The zero-order valence-corrected chi connectivity index (χ0v) is 17.1. The van der Waals surface area contributed by atoms with Crippen LogP contribution in [0.15, 0.2) is 47.6 Å². The van der Waals surface area contributed by atoms with Crippen LogP contribution in [0.5, 0.6) is 0 Å². The van der Waals surface area contributed by atoms with Gasteiger partial charge in [-0.1, -0.05) is 30.0 Å². The summed E-state index contributed by atoms with van der Waals surface area (Å²) in [4.78, 5) is 24.3. The van der Waals surface area contributed by atoms with Crippen molar-refractivity contribution in [2.75, 3.05) is 5.32 Å². The molecule has 1 unspecified atom stereocenters. The van der Waals surface area contributed by atoms with Crippen LogP contribution in [0.4, 0.5) is 5.69 Å². The maximum absolute atomic E-state index is 12.9. The van der Waals surface area contributed by atoms with Gasteiger partial charge in [-0.2, -0.15) is 4.68 Å². The molecule has 0 aliphatic heterocycles. The van der Waals surface area contributed by atoms with Crippen molar-refractivity contribution in [2.24, 2.45) is 0 Å². The summed E-state index contributed by atoms with van der Waals surface area (Å²) in [5.74, 6) is -0.0896. The third-order valence-corrected chi connectivity index (χ3v) is 5.92. The maximum Gasteiger partial charge on any atom is 0.221 e. The predicted octanol–water partition coefficient (Wildman–Crippen LogP) is 3.47. The summed E-state index contributed by atoms with van der Waals surface area (Å²) in [5.41, 5.74) is 4.74. The summed E-state index contributed by atoms with van der Waals surface area (Å²) < 4.78 is 1.57. The highest BCUT2D eigenvalue weighted by Crippen LogP contribution is 2.28. The third kappa shape index (κ3) is 4.22. The van der Waals surface area contributed by atoms with Crippen LogP contribution in [-0.4, -0.2) is 37.1 Å². The number of Topliss-reactive ketones (excluding diaryl/α,β-unsaturated/α-hetero) is 1. The number of aryl methyl sites for hydroxylation is 2. The van der Waals surface area contributed by atoms with Gasteiger partial charge in [-0.3, -0.25) is 9.59 Å². The van der Waals surface area contributed by atoms with Crippen LogP contribution in [-0.2, 0) is 17.6 Å². The Labute approximate surface area is 172 Å². The summed E-state index contributed by atoms with van der Waals surface area (Å²) in [6.45, 7) is 3.32. The number of carbonyl (C=O) groups is 2. The van der Waals surface area contributed by atoms with Gasteiger partial charge in [0.25, 0.3) is 0 Å². The van der Waals surface area contributed by atoms with Crippen molar-refractivity contribution in [2.45, 2.75) is 43.5 Å².